The lowest BCUT2D eigenvalue weighted by Gasteiger charge is -2.09. The zero-order chi connectivity index (χ0) is 11.3. The fraction of sp³-hybridized carbons (Fsp3) is 0.400. The van der Waals surface area contributed by atoms with E-state index in [4.69, 9.17) is 22.4 Å². The summed E-state index contributed by atoms with van der Waals surface area (Å²) in [6, 6.07) is 3.68. The van der Waals surface area contributed by atoms with E-state index in [0.717, 1.165) is 5.76 Å². The molecule has 0 radical (unpaired) electrons. The van der Waals surface area contributed by atoms with Crippen molar-refractivity contribution < 1.29 is 9.21 Å². The first-order chi connectivity index (χ1) is 7.11. The van der Waals surface area contributed by atoms with E-state index in [1.165, 1.54) is 0 Å². The number of hydrogen-bond donors (Lipinski definition) is 2. The minimum absolute atomic E-state index is 0.144. The molecule has 0 aromatic carbocycles. The van der Waals surface area contributed by atoms with Crippen LogP contribution >= 0.6 is 12.2 Å². The van der Waals surface area contributed by atoms with Gasteiger partial charge in [-0.2, -0.15) is 0 Å². The molecule has 1 unspecified atom stereocenters. The molecule has 0 aliphatic carbocycles. The second kappa shape index (κ2) is 5.50. The van der Waals surface area contributed by atoms with Crippen molar-refractivity contribution in [2.45, 2.75) is 13.3 Å². The van der Waals surface area contributed by atoms with Gasteiger partial charge in [-0.05, 0) is 19.1 Å². The number of furan rings is 1. The van der Waals surface area contributed by atoms with E-state index in [1.54, 1.807) is 13.2 Å². The Morgan fingerprint density at radius 3 is 3.00 bits per heavy atom. The van der Waals surface area contributed by atoms with Crippen molar-refractivity contribution in [2.75, 3.05) is 6.54 Å². The highest BCUT2D eigenvalue weighted by molar-refractivity contribution is 7.80. The van der Waals surface area contributed by atoms with Crippen molar-refractivity contribution in [1.29, 1.82) is 0 Å². The smallest absolute Gasteiger partial charge is 0.229 e. The number of nitrogens with two attached hydrogens (primary N) is 1. The standard InChI is InChI=1S/C10H14N2O2S/c1-7(9(11)15)10(13)12-5-4-8-3-2-6-14-8/h2-3,6-7H,4-5H2,1H3,(H2,11,15)(H,12,13). The molecule has 0 aliphatic heterocycles. The first-order valence-corrected chi connectivity index (χ1v) is 5.11. The fourth-order valence-electron chi connectivity index (χ4n) is 1.05. The number of nitrogens with one attached hydrogen (secondary N) is 1. The highest BCUT2D eigenvalue weighted by atomic mass is 32.1. The fourth-order valence-corrected chi connectivity index (χ4v) is 1.15. The zero-order valence-electron chi connectivity index (χ0n) is 8.53. The third kappa shape index (κ3) is 3.71. The molecular weight excluding hydrogens is 212 g/mol. The molecule has 4 nitrogen and oxygen atoms in total. The van der Waals surface area contributed by atoms with E-state index in [9.17, 15) is 4.79 Å². The second-order valence-electron chi connectivity index (χ2n) is 3.24. The maximum Gasteiger partial charge on any atom is 0.229 e. The summed E-state index contributed by atoms with van der Waals surface area (Å²) in [4.78, 5) is 11.6. The lowest BCUT2D eigenvalue weighted by atomic mass is 10.1. The molecule has 0 saturated carbocycles. The average Bonchev–Trinajstić information content (AvgIpc) is 2.69. The lowest BCUT2D eigenvalue weighted by molar-refractivity contribution is -0.122. The van der Waals surface area contributed by atoms with Crippen LogP contribution in [-0.4, -0.2) is 17.4 Å². The summed E-state index contributed by atoms with van der Waals surface area (Å²) in [5.74, 6) is 0.281. The minimum Gasteiger partial charge on any atom is -0.469 e. The van der Waals surface area contributed by atoms with Crippen molar-refractivity contribution in [1.82, 2.24) is 5.32 Å². The van der Waals surface area contributed by atoms with Gasteiger partial charge >= 0.3 is 0 Å². The summed E-state index contributed by atoms with van der Waals surface area (Å²) in [7, 11) is 0. The Bertz CT molecular complexity index is 335. The number of carbonyl (C=O) groups excluding carboxylic acids is 1. The van der Waals surface area contributed by atoms with Gasteiger partial charge in [0.2, 0.25) is 5.91 Å². The Balaban J connectivity index is 2.26. The van der Waals surface area contributed by atoms with Gasteiger partial charge < -0.3 is 15.5 Å². The number of rotatable bonds is 5. The first-order valence-electron chi connectivity index (χ1n) is 4.70. The topological polar surface area (TPSA) is 68.3 Å². The molecular formula is C10H14N2O2S. The summed E-state index contributed by atoms with van der Waals surface area (Å²) in [6.45, 7) is 2.21. The molecule has 5 heteroatoms. The molecule has 0 bridgehead atoms. The van der Waals surface area contributed by atoms with E-state index in [-0.39, 0.29) is 10.9 Å². The molecule has 1 aromatic rings. The van der Waals surface area contributed by atoms with Gasteiger partial charge in [0.25, 0.3) is 0 Å². The van der Waals surface area contributed by atoms with Gasteiger partial charge in [-0.25, -0.2) is 0 Å². The first kappa shape index (κ1) is 11.7. The Kier molecular flexibility index (Phi) is 4.30. The highest BCUT2D eigenvalue weighted by Gasteiger charge is 2.14. The number of carbonyl (C=O) groups is 1. The van der Waals surface area contributed by atoms with Crippen molar-refractivity contribution in [3.63, 3.8) is 0 Å². The van der Waals surface area contributed by atoms with Gasteiger partial charge in [-0.15, -0.1) is 0 Å². The van der Waals surface area contributed by atoms with Crippen molar-refractivity contribution in [3.05, 3.63) is 24.2 Å². The van der Waals surface area contributed by atoms with E-state index in [1.807, 2.05) is 12.1 Å². The molecule has 0 spiro atoms. The predicted octanol–water partition coefficient (Wildman–Crippen LogP) is 0.861. The number of hydrogen-bond acceptors (Lipinski definition) is 3. The van der Waals surface area contributed by atoms with Crippen molar-refractivity contribution in [2.24, 2.45) is 11.7 Å². The summed E-state index contributed by atoms with van der Waals surface area (Å²) in [6.07, 6.45) is 2.28. The van der Waals surface area contributed by atoms with Crippen LogP contribution in [0.3, 0.4) is 0 Å². The normalized spacial score (nSPS) is 12.1. The second-order valence-corrected chi connectivity index (χ2v) is 3.72. The van der Waals surface area contributed by atoms with Crippen molar-refractivity contribution in [3.8, 4) is 0 Å². The Labute approximate surface area is 93.8 Å². The summed E-state index contributed by atoms with van der Waals surface area (Å²) >= 11 is 4.72. The van der Waals surface area contributed by atoms with E-state index in [2.05, 4.69) is 5.32 Å². The van der Waals surface area contributed by atoms with Crippen LogP contribution in [0.25, 0.3) is 0 Å². The molecule has 1 atom stereocenters. The van der Waals surface area contributed by atoms with Gasteiger partial charge in [0.1, 0.15) is 5.76 Å². The number of amides is 1. The van der Waals surface area contributed by atoms with Gasteiger partial charge in [0, 0.05) is 13.0 Å². The maximum absolute atomic E-state index is 11.4. The molecule has 1 amide bonds. The molecule has 15 heavy (non-hydrogen) atoms. The maximum atomic E-state index is 11.4. The molecule has 1 rings (SSSR count). The SMILES string of the molecule is CC(C(=O)NCCc1ccco1)C(N)=S. The Morgan fingerprint density at radius 2 is 2.47 bits per heavy atom. The van der Waals surface area contributed by atoms with Crippen LogP contribution in [0, 0.1) is 5.92 Å². The third-order valence-corrected chi connectivity index (χ3v) is 2.42. The quantitative estimate of drug-likeness (QED) is 0.731. The van der Waals surface area contributed by atoms with Gasteiger partial charge in [-0.3, -0.25) is 4.79 Å². The largest absolute Gasteiger partial charge is 0.469 e. The third-order valence-electron chi connectivity index (χ3n) is 2.07. The van der Waals surface area contributed by atoms with Crippen LogP contribution in [-0.2, 0) is 11.2 Å². The summed E-state index contributed by atoms with van der Waals surface area (Å²) in [5, 5.41) is 2.74. The number of thiocarbonyl (C=S) groups is 1. The molecule has 0 aliphatic rings. The minimum atomic E-state index is -0.420. The van der Waals surface area contributed by atoms with Crippen LogP contribution in [0.5, 0.6) is 0 Å². The zero-order valence-corrected chi connectivity index (χ0v) is 9.34. The van der Waals surface area contributed by atoms with Gasteiger partial charge in [0.15, 0.2) is 0 Å². The average molecular weight is 226 g/mol. The predicted molar refractivity (Wildman–Crippen MR) is 61.4 cm³/mol. The van der Waals surface area contributed by atoms with Crippen LogP contribution in [0.2, 0.25) is 0 Å². The molecule has 82 valence electrons. The molecule has 3 N–H and O–H groups in total. The summed E-state index contributed by atoms with van der Waals surface area (Å²) < 4.78 is 5.12. The van der Waals surface area contributed by atoms with E-state index in [0.29, 0.717) is 13.0 Å². The molecule has 1 heterocycles. The monoisotopic (exact) mass is 226 g/mol. The van der Waals surface area contributed by atoms with E-state index < -0.39 is 5.92 Å². The molecule has 1 aromatic heterocycles. The highest BCUT2D eigenvalue weighted by Crippen LogP contribution is 2.00. The summed E-state index contributed by atoms with van der Waals surface area (Å²) in [5.41, 5.74) is 5.36. The van der Waals surface area contributed by atoms with Crippen LogP contribution in [0.4, 0.5) is 0 Å². The lowest BCUT2D eigenvalue weighted by Crippen LogP contribution is -2.36. The van der Waals surface area contributed by atoms with Gasteiger partial charge in [0.05, 0.1) is 17.2 Å². The van der Waals surface area contributed by atoms with Gasteiger partial charge in [-0.1, -0.05) is 12.2 Å². The van der Waals surface area contributed by atoms with Crippen LogP contribution < -0.4 is 11.1 Å². The molecule has 0 saturated heterocycles. The van der Waals surface area contributed by atoms with E-state index >= 15 is 0 Å². The molecule has 0 fully saturated rings. The van der Waals surface area contributed by atoms with Crippen molar-refractivity contribution >= 4 is 23.1 Å². The Hall–Kier alpha value is -1.36. The van der Waals surface area contributed by atoms with Crippen LogP contribution in [0.15, 0.2) is 22.8 Å². The van der Waals surface area contributed by atoms with Crippen LogP contribution in [0.1, 0.15) is 12.7 Å². The Morgan fingerprint density at radius 1 is 1.73 bits per heavy atom.